The van der Waals surface area contributed by atoms with Crippen LogP contribution in [-0.2, 0) is 32.7 Å². The molecule has 0 heterocycles. The molecule has 10 heteroatoms. The van der Waals surface area contributed by atoms with Crippen molar-refractivity contribution in [2.24, 2.45) is 0 Å². The van der Waals surface area contributed by atoms with Crippen LogP contribution in [0.25, 0.3) is 0 Å². The molecule has 0 spiro atoms. The molecule has 1 N–H and O–H groups in total. The van der Waals surface area contributed by atoms with Crippen molar-refractivity contribution < 1.29 is 42.1 Å². The fourth-order valence-electron chi connectivity index (χ4n) is 7.13. The number of unbranched alkanes of at least 4 members (excludes halogenated alkanes) is 13. The molecule has 0 aromatic rings. The Balaban J connectivity index is 4.18. The predicted molar refractivity (Wildman–Crippen MR) is 320 cm³/mol. The Kier molecular flexibility index (Phi) is 51.7. The van der Waals surface area contributed by atoms with Crippen LogP contribution in [0.15, 0.2) is 146 Å². The van der Waals surface area contributed by atoms with Gasteiger partial charge in [-0.1, -0.05) is 211 Å². The van der Waals surface area contributed by atoms with E-state index in [1.54, 1.807) is 0 Å². The van der Waals surface area contributed by atoms with Gasteiger partial charge in [0.1, 0.15) is 19.8 Å². The first kappa shape index (κ1) is 70.9. The van der Waals surface area contributed by atoms with Crippen LogP contribution in [0.1, 0.15) is 200 Å². The number of nitrogens with zero attached hydrogens (tertiary/aromatic N) is 1. The predicted octanol–water partition coefficient (Wildman–Crippen LogP) is 18.3. The summed E-state index contributed by atoms with van der Waals surface area (Å²) in [4.78, 5) is 35.5. The van der Waals surface area contributed by atoms with Gasteiger partial charge in [0.05, 0.1) is 27.7 Å². The van der Waals surface area contributed by atoms with Crippen molar-refractivity contribution in [3.8, 4) is 0 Å². The second kappa shape index (κ2) is 54.7. The Morgan fingerprint density at radius 2 is 0.760 bits per heavy atom. The van der Waals surface area contributed by atoms with Crippen LogP contribution < -0.4 is 0 Å². The maximum absolute atomic E-state index is 12.8. The van der Waals surface area contributed by atoms with E-state index in [0.717, 1.165) is 148 Å². The maximum atomic E-state index is 12.8. The third kappa shape index (κ3) is 59.0. The van der Waals surface area contributed by atoms with Crippen LogP contribution in [0.2, 0.25) is 0 Å². The third-order valence-electron chi connectivity index (χ3n) is 11.6. The molecule has 0 aromatic carbocycles. The highest BCUT2D eigenvalue weighted by molar-refractivity contribution is 7.47. The van der Waals surface area contributed by atoms with E-state index in [1.165, 1.54) is 19.3 Å². The molecule has 0 saturated heterocycles. The van der Waals surface area contributed by atoms with E-state index in [2.05, 4.69) is 160 Å². The number of quaternary nitrogens is 1. The second-order valence-electron chi connectivity index (χ2n) is 19.9. The number of likely N-dealkylation sites (N-methyl/N-ethyl adjacent to an activating group) is 1. The molecule has 0 amide bonds. The van der Waals surface area contributed by atoms with Gasteiger partial charge >= 0.3 is 19.8 Å². The topological polar surface area (TPSA) is 108 Å². The molecule has 2 atom stereocenters. The first-order chi connectivity index (χ1) is 36.5. The number of carbonyl (C=O) groups is 2. The van der Waals surface area contributed by atoms with E-state index in [1.807, 2.05) is 21.1 Å². The van der Waals surface area contributed by atoms with E-state index in [9.17, 15) is 19.0 Å². The number of allylic oxidation sites excluding steroid dienone is 24. The number of hydrogen-bond acceptors (Lipinski definition) is 7. The molecule has 9 nitrogen and oxygen atoms in total. The summed E-state index contributed by atoms with van der Waals surface area (Å²) in [5, 5.41) is 0. The average Bonchev–Trinajstić information content (AvgIpc) is 3.37. The highest BCUT2D eigenvalue weighted by atomic mass is 31.2. The minimum atomic E-state index is -4.40. The van der Waals surface area contributed by atoms with Gasteiger partial charge in [-0.25, -0.2) is 4.57 Å². The van der Waals surface area contributed by atoms with Crippen LogP contribution in [0.5, 0.6) is 0 Å². The van der Waals surface area contributed by atoms with Gasteiger partial charge < -0.3 is 18.9 Å². The summed E-state index contributed by atoms with van der Waals surface area (Å²) >= 11 is 0. The van der Waals surface area contributed by atoms with Crippen molar-refractivity contribution in [1.82, 2.24) is 0 Å². The number of rotatable bonds is 51. The first-order valence-electron chi connectivity index (χ1n) is 29.1. The lowest BCUT2D eigenvalue weighted by Gasteiger charge is -2.24. The molecular formula is C65H107NO8P+. The van der Waals surface area contributed by atoms with Crippen molar-refractivity contribution in [2.45, 2.75) is 206 Å². The van der Waals surface area contributed by atoms with Gasteiger partial charge in [0.15, 0.2) is 6.10 Å². The van der Waals surface area contributed by atoms with Crippen molar-refractivity contribution in [1.29, 1.82) is 0 Å². The molecule has 0 aliphatic heterocycles. The normalized spacial score (nSPS) is 14.4. The SMILES string of the molecule is CC/C=C\C/C=C\C/C=C\C/C=C\C/C=C\C/C=C\C/C=C\C/C=C\C/C=C\C/C=C\C/C=C\CCCCCCCC(=O)OC(COC(=O)CCCCCCC/C=C\CCCCC)COP(=O)(O)OCC[N+](C)(C)C. The number of esters is 2. The lowest BCUT2D eigenvalue weighted by atomic mass is 10.1. The Bertz CT molecular complexity index is 1770. The summed E-state index contributed by atoms with van der Waals surface area (Å²) in [5.41, 5.74) is 0. The summed E-state index contributed by atoms with van der Waals surface area (Å²) in [6, 6.07) is 0. The Hall–Kier alpha value is -4.11. The zero-order valence-corrected chi connectivity index (χ0v) is 48.9. The van der Waals surface area contributed by atoms with E-state index in [4.69, 9.17) is 18.5 Å². The van der Waals surface area contributed by atoms with Crippen LogP contribution in [-0.4, -0.2) is 74.9 Å². The Morgan fingerprint density at radius 1 is 0.427 bits per heavy atom. The lowest BCUT2D eigenvalue weighted by molar-refractivity contribution is -0.870. The summed E-state index contributed by atoms with van der Waals surface area (Å²) in [6.45, 7) is 4.23. The fraction of sp³-hybridized carbons (Fsp3) is 0.600. The molecule has 0 aliphatic carbocycles. The maximum Gasteiger partial charge on any atom is 0.472 e. The van der Waals surface area contributed by atoms with E-state index in [0.29, 0.717) is 17.4 Å². The van der Waals surface area contributed by atoms with Gasteiger partial charge in [-0.2, -0.15) is 0 Å². The summed E-state index contributed by atoms with van der Waals surface area (Å²) in [7, 11) is 1.44. The third-order valence-corrected chi connectivity index (χ3v) is 12.6. The number of phosphoric acid groups is 1. The van der Waals surface area contributed by atoms with Crippen molar-refractivity contribution in [3.05, 3.63) is 146 Å². The van der Waals surface area contributed by atoms with Crippen LogP contribution in [0.4, 0.5) is 0 Å². The zero-order valence-electron chi connectivity index (χ0n) is 48.0. The lowest BCUT2D eigenvalue weighted by Crippen LogP contribution is -2.37. The molecule has 0 saturated carbocycles. The molecule has 2 unspecified atom stereocenters. The molecule has 0 aliphatic rings. The molecule has 75 heavy (non-hydrogen) atoms. The van der Waals surface area contributed by atoms with Gasteiger partial charge in [-0.3, -0.25) is 18.6 Å². The summed E-state index contributed by atoms with van der Waals surface area (Å²) < 4.78 is 34.4. The average molecular weight is 1060 g/mol. The highest BCUT2D eigenvalue weighted by Crippen LogP contribution is 2.43. The van der Waals surface area contributed by atoms with E-state index in [-0.39, 0.29) is 32.0 Å². The highest BCUT2D eigenvalue weighted by Gasteiger charge is 2.27. The van der Waals surface area contributed by atoms with Crippen molar-refractivity contribution in [3.63, 3.8) is 0 Å². The molecule has 424 valence electrons. The van der Waals surface area contributed by atoms with Gasteiger partial charge in [0.2, 0.25) is 0 Å². The number of ether oxygens (including phenoxy) is 2. The minimum Gasteiger partial charge on any atom is -0.462 e. The van der Waals surface area contributed by atoms with E-state index >= 15 is 0 Å². The quantitative estimate of drug-likeness (QED) is 0.0211. The van der Waals surface area contributed by atoms with Crippen molar-refractivity contribution >= 4 is 19.8 Å². The monoisotopic (exact) mass is 1060 g/mol. The largest absolute Gasteiger partial charge is 0.472 e. The number of phosphoric ester groups is 1. The standard InChI is InChI=1S/C65H106NO8P/c1-6-8-10-12-14-16-18-20-21-22-23-24-25-26-27-28-29-30-31-32-33-34-35-36-37-38-39-40-41-42-43-44-45-46-48-50-52-54-56-58-65(68)74-63(62-73-75(69,70)72-60-59-66(3,4)5)61-71-64(67)57-55-53-51-49-47-19-17-15-13-11-9-7-2/h8,10,14-17,20-21,23-24,26-27,29-30,32-33,35-36,38-39,41-42,44-45,63H,6-7,9,11-13,18-19,22,25,28,31,34,37,40,43,46-62H2,1-5H3/p+1/b10-8-,16-14-,17-15-,21-20-,24-23-,27-26-,30-29-,33-32-,36-35-,39-38-,42-41-,45-44-. The van der Waals surface area contributed by atoms with Crippen LogP contribution in [0, 0.1) is 0 Å². The first-order valence-corrected chi connectivity index (χ1v) is 30.6. The summed E-state index contributed by atoms with van der Waals surface area (Å²) in [5.74, 6) is -0.843. The van der Waals surface area contributed by atoms with E-state index < -0.39 is 26.5 Å². The van der Waals surface area contributed by atoms with Gasteiger partial charge in [0.25, 0.3) is 0 Å². The molecule has 0 aromatic heterocycles. The molecule has 0 bridgehead atoms. The zero-order chi connectivity index (χ0) is 54.9. The van der Waals surface area contributed by atoms with Crippen molar-refractivity contribution in [2.75, 3.05) is 47.5 Å². The molecule has 0 radical (unpaired) electrons. The van der Waals surface area contributed by atoms with Gasteiger partial charge in [-0.15, -0.1) is 0 Å². The second-order valence-corrected chi connectivity index (χ2v) is 21.4. The van der Waals surface area contributed by atoms with Crippen LogP contribution in [0.3, 0.4) is 0 Å². The Labute approximate surface area is 459 Å². The fourth-order valence-corrected chi connectivity index (χ4v) is 7.87. The van der Waals surface area contributed by atoms with Gasteiger partial charge in [-0.05, 0) is 122 Å². The molecular weight excluding hydrogens is 954 g/mol. The minimum absolute atomic E-state index is 0.0188. The number of carbonyl (C=O) groups excluding carboxylic acids is 2. The van der Waals surface area contributed by atoms with Gasteiger partial charge in [0, 0.05) is 12.8 Å². The molecule has 0 rings (SSSR count). The van der Waals surface area contributed by atoms with Crippen LogP contribution >= 0.6 is 7.82 Å². The molecule has 0 fully saturated rings. The smallest absolute Gasteiger partial charge is 0.462 e. The number of hydrogen-bond donors (Lipinski definition) is 1. The Morgan fingerprint density at radius 3 is 1.15 bits per heavy atom. The summed E-state index contributed by atoms with van der Waals surface area (Å²) in [6.07, 6.45) is 80.7.